The monoisotopic (exact) mass is 369 g/mol. The SMILES string of the molecule is Cc1ccc(CN(C)C(=O)CN2CCC(NC(=O)c3ccccc3)CC2)o1. The van der Waals surface area contributed by atoms with E-state index in [0.29, 0.717) is 18.7 Å². The zero-order valence-corrected chi connectivity index (χ0v) is 16.0. The number of benzene rings is 1. The van der Waals surface area contributed by atoms with Crippen LogP contribution in [0.15, 0.2) is 46.9 Å². The Bertz CT molecular complexity index is 764. The number of piperidine rings is 1. The highest BCUT2D eigenvalue weighted by atomic mass is 16.3. The van der Waals surface area contributed by atoms with Gasteiger partial charge in [-0.05, 0) is 44.0 Å². The van der Waals surface area contributed by atoms with Crippen molar-refractivity contribution in [2.24, 2.45) is 0 Å². The number of hydrogen-bond acceptors (Lipinski definition) is 4. The molecule has 0 bridgehead atoms. The molecule has 0 radical (unpaired) electrons. The Labute approximate surface area is 160 Å². The first-order valence-corrected chi connectivity index (χ1v) is 9.39. The van der Waals surface area contributed by atoms with Crippen molar-refractivity contribution in [1.82, 2.24) is 15.1 Å². The molecule has 1 saturated heterocycles. The summed E-state index contributed by atoms with van der Waals surface area (Å²) in [5, 5.41) is 3.09. The number of amides is 2. The first-order chi connectivity index (χ1) is 13.0. The first kappa shape index (κ1) is 19.2. The Balaban J connectivity index is 1.41. The highest BCUT2D eigenvalue weighted by molar-refractivity contribution is 5.94. The van der Waals surface area contributed by atoms with Crippen molar-refractivity contribution in [3.05, 3.63) is 59.5 Å². The second-order valence-electron chi connectivity index (χ2n) is 7.15. The fourth-order valence-corrected chi connectivity index (χ4v) is 3.30. The molecule has 0 aliphatic carbocycles. The molecule has 2 aromatic rings. The summed E-state index contributed by atoms with van der Waals surface area (Å²) >= 11 is 0. The average molecular weight is 369 g/mol. The lowest BCUT2D eigenvalue weighted by Gasteiger charge is -2.32. The Morgan fingerprint density at radius 3 is 2.48 bits per heavy atom. The van der Waals surface area contributed by atoms with Crippen LogP contribution in [0.5, 0.6) is 0 Å². The lowest BCUT2D eigenvalue weighted by atomic mass is 10.0. The van der Waals surface area contributed by atoms with Gasteiger partial charge in [-0.1, -0.05) is 18.2 Å². The molecule has 6 nitrogen and oxygen atoms in total. The third-order valence-corrected chi connectivity index (χ3v) is 4.93. The summed E-state index contributed by atoms with van der Waals surface area (Å²) in [4.78, 5) is 28.5. The molecule has 27 heavy (non-hydrogen) atoms. The van der Waals surface area contributed by atoms with Crippen molar-refractivity contribution >= 4 is 11.8 Å². The van der Waals surface area contributed by atoms with Crippen molar-refractivity contribution in [3.63, 3.8) is 0 Å². The van der Waals surface area contributed by atoms with Crippen LogP contribution in [0.1, 0.15) is 34.7 Å². The van der Waals surface area contributed by atoms with Crippen LogP contribution in [0.3, 0.4) is 0 Å². The molecule has 1 aromatic heterocycles. The zero-order valence-electron chi connectivity index (χ0n) is 16.0. The van der Waals surface area contributed by atoms with E-state index in [2.05, 4.69) is 10.2 Å². The van der Waals surface area contributed by atoms with Crippen molar-refractivity contribution in [1.29, 1.82) is 0 Å². The molecule has 1 aliphatic heterocycles. The van der Waals surface area contributed by atoms with E-state index in [4.69, 9.17) is 4.42 Å². The summed E-state index contributed by atoms with van der Waals surface area (Å²) in [5.74, 6) is 1.70. The van der Waals surface area contributed by atoms with Crippen LogP contribution in [-0.2, 0) is 11.3 Å². The molecule has 6 heteroatoms. The first-order valence-electron chi connectivity index (χ1n) is 9.39. The number of likely N-dealkylation sites (tertiary alicyclic amines) is 1. The molecule has 1 N–H and O–H groups in total. The number of aryl methyl sites for hydroxylation is 1. The summed E-state index contributed by atoms with van der Waals surface area (Å²) in [7, 11) is 1.80. The van der Waals surface area contributed by atoms with E-state index in [0.717, 1.165) is 37.5 Å². The molecule has 0 saturated carbocycles. The van der Waals surface area contributed by atoms with E-state index < -0.39 is 0 Å². The van der Waals surface area contributed by atoms with E-state index in [9.17, 15) is 9.59 Å². The number of hydrogen-bond donors (Lipinski definition) is 1. The second kappa shape index (κ2) is 8.86. The number of carbonyl (C=O) groups excluding carboxylic acids is 2. The Kier molecular flexibility index (Phi) is 6.29. The van der Waals surface area contributed by atoms with Crippen LogP contribution in [-0.4, -0.2) is 54.3 Å². The van der Waals surface area contributed by atoms with Gasteiger partial charge >= 0.3 is 0 Å². The maximum Gasteiger partial charge on any atom is 0.251 e. The minimum atomic E-state index is -0.0291. The molecule has 1 aliphatic rings. The van der Waals surface area contributed by atoms with Gasteiger partial charge in [0.1, 0.15) is 11.5 Å². The quantitative estimate of drug-likeness (QED) is 0.849. The standard InChI is InChI=1S/C21H27N3O3/c1-16-8-9-19(27-16)14-23(2)20(25)15-24-12-10-18(11-13-24)22-21(26)17-6-4-3-5-7-17/h3-9,18H,10-15H2,1-2H3,(H,22,26). The van der Waals surface area contributed by atoms with Crippen molar-refractivity contribution in [2.75, 3.05) is 26.7 Å². The normalized spacial score (nSPS) is 15.5. The lowest BCUT2D eigenvalue weighted by molar-refractivity contribution is -0.132. The van der Waals surface area contributed by atoms with Gasteiger partial charge in [0.15, 0.2) is 0 Å². The number of nitrogens with one attached hydrogen (secondary N) is 1. The van der Waals surface area contributed by atoms with Gasteiger partial charge in [-0.15, -0.1) is 0 Å². The van der Waals surface area contributed by atoms with Crippen LogP contribution in [0.2, 0.25) is 0 Å². The van der Waals surface area contributed by atoms with Gasteiger partial charge in [0.05, 0.1) is 13.1 Å². The van der Waals surface area contributed by atoms with Gasteiger partial charge in [0.25, 0.3) is 5.91 Å². The largest absolute Gasteiger partial charge is 0.464 e. The third-order valence-electron chi connectivity index (χ3n) is 4.93. The smallest absolute Gasteiger partial charge is 0.251 e. The second-order valence-corrected chi connectivity index (χ2v) is 7.15. The summed E-state index contributed by atoms with van der Waals surface area (Å²) < 4.78 is 5.53. The van der Waals surface area contributed by atoms with Crippen LogP contribution in [0, 0.1) is 6.92 Å². The average Bonchev–Trinajstić information content (AvgIpc) is 3.08. The summed E-state index contributed by atoms with van der Waals surface area (Å²) in [6.45, 7) is 4.39. The summed E-state index contributed by atoms with van der Waals surface area (Å²) in [6, 6.07) is 13.2. The summed E-state index contributed by atoms with van der Waals surface area (Å²) in [5.41, 5.74) is 0.685. The molecule has 0 atom stereocenters. The van der Waals surface area contributed by atoms with Crippen LogP contribution >= 0.6 is 0 Å². The molecule has 1 aromatic carbocycles. The lowest BCUT2D eigenvalue weighted by Crippen LogP contribution is -2.47. The van der Waals surface area contributed by atoms with Gasteiger partial charge in [-0.3, -0.25) is 14.5 Å². The van der Waals surface area contributed by atoms with E-state index in [1.807, 2.05) is 49.4 Å². The van der Waals surface area contributed by atoms with E-state index in [1.54, 1.807) is 11.9 Å². The van der Waals surface area contributed by atoms with Gasteiger partial charge in [-0.2, -0.15) is 0 Å². The fraction of sp³-hybridized carbons (Fsp3) is 0.429. The molecule has 0 spiro atoms. The Morgan fingerprint density at radius 1 is 1.15 bits per heavy atom. The minimum absolute atomic E-state index is 0.0291. The number of nitrogens with zero attached hydrogens (tertiary/aromatic N) is 2. The van der Waals surface area contributed by atoms with Crippen LogP contribution in [0.25, 0.3) is 0 Å². The Morgan fingerprint density at radius 2 is 1.85 bits per heavy atom. The molecular formula is C21H27N3O3. The van der Waals surface area contributed by atoms with Gasteiger partial charge in [-0.25, -0.2) is 0 Å². The molecule has 3 rings (SSSR count). The number of likely N-dealkylation sites (N-methyl/N-ethyl adjacent to an activating group) is 1. The van der Waals surface area contributed by atoms with E-state index in [-0.39, 0.29) is 17.9 Å². The highest BCUT2D eigenvalue weighted by Crippen LogP contribution is 2.13. The molecule has 2 heterocycles. The fourth-order valence-electron chi connectivity index (χ4n) is 3.30. The molecule has 0 unspecified atom stereocenters. The topological polar surface area (TPSA) is 65.8 Å². The highest BCUT2D eigenvalue weighted by Gasteiger charge is 2.23. The van der Waals surface area contributed by atoms with E-state index in [1.165, 1.54) is 0 Å². The van der Waals surface area contributed by atoms with Crippen molar-refractivity contribution in [2.45, 2.75) is 32.4 Å². The Hall–Kier alpha value is -2.60. The molecule has 2 amide bonds. The van der Waals surface area contributed by atoms with Gasteiger partial charge < -0.3 is 14.6 Å². The maximum absolute atomic E-state index is 12.4. The molecule has 1 fully saturated rings. The predicted octanol–water partition coefficient (Wildman–Crippen LogP) is 2.44. The molecular weight excluding hydrogens is 342 g/mol. The van der Waals surface area contributed by atoms with Gasteiger partial charge in [0.2, 0.25) is 5.91 Å². The number of carbonyl (C=O) groups is 2. The zero-order chi connectivity index (χ0) is 19.2. The van der Waals surface area contributed by atoms with Crippen molar-refractivity contribution in [3.8, 4) is 0 Å². The van der Waals surface area contributed by atoms with Gasteiger partial charge in [0, 0.05) is 31.7 Å². The van der Waals surface area contributed by atoms with Crippen LogP contribution in [0.4, 0.5) is 0 Å². The van der Waals surface area contributed by atoms with Crippen molar-refractivity contribution < 1.29 is 14.0 Å². The summed E-state index contributed by atoms with van der Waals surface area (Å²) in [6.07, 6.45) is 1.71. The minimum Gasteiger partial charge on any atom is -0.464 e. The number of furan rings is 1. The predicted molar refractivity (Wildman–Crippen MR) is 103 cm³/mol. The third kappa shape index (κ3) is 5.44. The number of rotatable bonds is 6. The van der Waals surface area contributed by atoms with E-state index >= 15 is 0 Å². The molecule has 144 valence electrons. The maximum atomic E-state index is 12.4. The van der Waals surface area contributed by atoms with Crippen LogP contribution < -0.4 is 5.32 Å².